The van der Waals surface area contributed by atoms with E-state index in [2.05, 4.69) is 149 Å². The Morgan fingerprint density at radius 3 is 1.01 bits per heavy atom. The van der Waals surface area contributed by atoms with Crippen LogP contribution < -0.4 is 18.9 Å². The van der Waals surface area contributed by atoms with Gasteiger partial charge in [-0.2, -0.15) is 21.0 Å². The average Bonchev–Trinajstić information content (AvgIpc) is 1.50. The molecular formula is C100H88N4O6S4. The number of hydrogen-bond donors (Lipinski definition) is 0. The van der Waals surface area contributed by atoms with Crippen LogP contribution in [-0.2, 0) is 11.2 Å². The van der Waals surface area contributed by atoms with Crippen molar-refractivity contribution in [3.05, 3.63) is 281 Å². The van der Waals surface area contributed by atoms with Gasteiger partial charge in [0.25, 0.3) is 0 Å². The molecule has 4 aliphatic rings. The number of fused-ring (bicyclic) bond motifs is 13. The zero-order chi connectivity index (χ0) is 78.5. The van der Waals surface area contributed by atoms with Crippen LogP contribution in [0.25, 0.3) is 73.8 Å². The van der Waals surface area contributed by atoms with Crippen molar-refractivity contribution >= 4 is 111 Å². The highest BCUT2D eigenvalue weighted by atomic mass is 32.1. The van der Waals surface area contributed by atoms with Gasteiger partial charge in [0.05, 0.1) is 42.1 Å². The van der Waals surface area contributed by atoms with Gasteiger partial charge in [-0.25, -0.2) is 0 Å². The van der Waals surface area contributed by atoms with Crippen molar-refractivity contribution in [2.45, 2.75) is 167 Å². The Morgan fingerprint density at radius 2 is 0.684 bits per heavy atom. The summed E-state index contributed by atoms with van der Waals surface area (Å²) < 4.78 is 31.3. The number of thiophene rings is 4. The monoisotopic (exact) mass is 1570 g/mol. The summed E-state index contributed by atoms with van der Waals surface area (Å²) in [5, 5.41) is 46.2. The number of ether oxygens (including phenoxy) is 4. The fraction of sp³-hybridized carbons (Fsp3) is 0.280. The van der Waals surface area contributed by atoms with Gasteiger partial charge in [-0.05, 0) is 132 Å². The zero-order valence-electron chi connectivity index (χ0n) is 64.9. The van der Waals surface area contributed by atoms with Crippen molar-refractivity contribution in [3.8, 4) is 66.8 Å². The lowest BCUT2D eigenvalue weighted by atomic mass is 9.76. The Hall–Kier alpha value is -11.2. The molecule has 14 heteroatoms. The summed E-state index contributed by atoms with van der Waals surface area (Å²) in [4.78, 5) is 35.3. The first-order valence-corrected chi connectivity index (χ1v) is 43.7. The van der Waals surface area contributed by atoms with Gasteiger partial charge in [-0.15, -0.1) is 45.3 Å². The number of hydrogen-bond acceptors (Lipinski definition) is 14. The van der Waals surface area contributed by atoms with Crippen molar-refractivity contribution in [2.75, 3.05) is 13.2 Å². The number of carbonyl (C=O) groups excluding carboxylic acids is 2. The van der Waals surface area contributed by atoms with E-state index in [1.807, 2.05) is 97.1 Å². The maximum Gasteiger partial charge on any atom is 0.194 e. The number of aryl methyl sites for hydroxylation is 2. The molecule has 2 aliphatic carbocycles. The van der Waals surface area contributed by atoms with Crippen LogP contribution in [0.15, 0.2) is 204 Å². The topological polar surface area (TPSA) is 166 Å². The molecule has 568 valence electrons. The number of Topliss-reactive ketones (excluding diaryl/α,β-unsaturated/α-hetero) is 2. The van der Waals surface area contributed by atoms with Crippen LogP contribution in [0.1, 0.15) is 228 Å². The molecule has 0 fully saturated rings. The minimum atomic E-state index is -1.35. The standard InChI is InChI=1S/C100H88N4O6S4/c1-5-7-9-11-13-15-17-19-21-27-49-107-75-45-41-73(42-46-75)99(71-37-33-63(3)34-38-71)89-95(93-85(109-99)57-77(111-93)55-83-87(69(59-101)60-102)79-51-65-29-23-25-31-67(65)53-81(79)91(83)105)113-98-90-96(114-97(89)98)94-86(58-78(112-94)56-84-88(70(61-103)62-104)80-52-66-30-24-26-32-68(66)54-82(80)92(84)106)110-100(90,72-39-35-64(4)36-40-72)74-43-47-76(48-44-74)108-50-28-22-20-18-16-14-12-10-8-6-2/h23-26,29-48,51-58H,5-22,27-28,49-50H2,1-4H3/b83-55-,84-56-. The molecule has 12 aromatic rings. The Morgan fingerprint density at radius 1 is 0.377 bits per heavy atom. The lowest BCUT2D eigenvalue weighted by molar-refractivity contribution is 0.103. The van der Waals surface area contributed by atoms with Gasteiger partial charge in [-0.1, -0.05) is 262 Å². The van der Waals surface area contributed by atoms with Crippen molar-refractivity contribution < 1.29 is 28.5 Å². The van der Waals surface area contributed by atoms with Crippen LogP contribution in [0.3, 0.4) is 0 Å². The number of unbranched alkanes of at least 4 members (excludes halogenated alkanes) is 18. The average molecular weight is 1570 g/mol. The summed E-state index contributed by atoms with van der Waals surface area (Å²) in [5.74, 6) is 2.15. The fourth-order valence-corrected chi connectivity index (χ4v) is 22.4. The normalized spacial score (nSPS) is 16.4. The molecule has 0 radical (unpaired) electrons. The number of ketones is 2. The molecule has 0 bridgehead atoms. The summed E-state index contributed by atoms with van der Waals surface area (Å²) in [6.07, 6.45) is 28.2. The van der Waals surface area contributed by atoms with E-state index in [4.69, 9.17) is 18.9 Å². The second-order valence-electron chi connectivity index (χ2n) is 30.6. The van der Waals surface area contributed by atoms with Gasteiger partial charge < -0.3 is 18.9 Å². The van der Waals surface area contributed by atoms with Gasteiger partial charge in [0.1, 0.15) is 58.4 Å². The first-order valence-electron chi connectivity index (χ1n) is 40.5. The molecule has 8 aromatic carbocycles. The van der Waals surface area contributed by atoms with Crippen molar-refractivity contribution in [1.29, 1.82) is 21.0 Å². The van der Waals surface area contributed by atoms with Gasteiger partial charge in [0, 0.05) is 76.6 Å². The fourth-order valence-electron chi connectivity index (χ4n) is 17.0. The number of carbonyl (C=O) groups is 2. The summed E-state index contributed by atoms with van der Waals surface area (Å²) in [7, 11) is 0. The summed E-state index contributed by atoms with van der Waals surface area (Å²) in [6.45, 7) is 9.89. The van der Waals surface area contributed by atoms with E-state index in [0.717, 1.165) is 132 Å². The Kier molecular flexibility index (Phi) is 22.8. The van der Waals surface area contributed by atoms with E-state index >= 15 is 9.59 Å². The summed E-state index contributed by atoms with van der Waals surface area (Å²) in [6, 6.07) is 69.8. The van der Waals surface area contributed by atoms with E-state index in [-0.39, 0.29) is 33.9 Å². The lowest BCUT2D eigenvalue weighted by Gasteiger charge is -2.39. The van der Waals surface area contributed by atoms with Crippen LogP contribution in [0.4, 0.5) is 0 Å². The molecule has 0 saturated heterocycles. The Bertz CT molecular complexity index is 5630. The largest absolute Gasteiger partial charge is 0.494 e. The van der Waals surface area contributed by atoms with E-state index in [1.165, 1.54) is 125 Å². The molecule has 0 amide bonds. The molecule has 6 heterocycles. The number of allylic oxidation sites excluding steroid dienone is 6. The van der Waals surface area contributed by atoms with E-state index in [9.17, 15) is 21.0 Å². The minimum absolute atomic E-state index is 0.149. The first kappa shape index (κ1) is 76.8. The molecule has 10 nitrogen and oxygen atoms in total. The molecular weight excluding hydrogens is 1480 g/mol. The first-order chi connectivity index (χ1) is 55.9. The predicted octanol–water partition coefficient (Wildman–Crippen LogP) is 27.5. The third-order valence-electron chi connectivity index (χ3n) is 22.9. The number of nitrogens with zero attached hydrogens (tertiary/aromatic N) is 4. The zero-order valence-corrected chi connectivity index (χ0v) is 68.2. The van der Waals surface area contributed by atoms with Crippen molar-refractivity contribution in [1.82, 2.24) is 0 Å². The molecule has 4 aromatic heterocycles. The number of rotatable bonds is 30. The molecule has 114 heavy (non-hydrogen) atoms. The third kappa shape index (κ3) is 14.5. The highest BCUT2D eigenvalue weighted by Crippen LogP contribution is 2.67. The molecule has 16 rings (SSSR count). The highest BCUT2D eigenvalue weighted by Gasteiger charge is 2.54. The van der Waals surface area contributed by atoms with Gasteiger partial charge in [-0.3, -0.25) is 9.59 Å². The Labute approximate surface area is 683 Å². The second-order valence-corrected chi connectivity index (χ2v) is 34.8. The second kappa shape index (κ2) is 33.9. The molecule has 2 aliphatic heterocycles. The Balaban J connectivity index is 0.882. The highest BCUT2D eigenvalue weighted by molar-refractivity contribution is 7.34. The van der Waals surface area contributed by atoms with E-state index in [1.54, 1.807) is 22.7 Å². The maximum atomic E-state index is 15.1. The smallest absolute Gasteiger partial charge is 0.194 e. The SMILES string of the molecule is CCCCCCCCCCCCOc1ccc(C2(c3ccc(C)cc3)Oc3cc(/C=C4\C(=O)c5cc6ccccc6cc5C4=C(C#N)C#N)sc3-c3sc4c5c(sc4c32)-c2sc(/C=C3\C(=O)c4cc6ccccc6cc4C3=C(C#N)C#N)cc2OC5(c2ccc(C)cc2)c2ccc(OCCCCCCCCCCCC)cc2)cc1. The van der Waals surface area contributed by atoms with Crippen molar-refractivity contribution in [2.24, 2.45) is 0 Å². The molecule has 0 N–H and O–H groups in total. The number of nitriles is 4. The maximum absolute atomic E-state index is 15.1. The van der Waals surface area contributed by atoms with Gasteiger partial charge >= 0.3 is 0 Å². The summed E-state index contributed by atoms with van der Waals surface area (Å²) >= 11 is 6.38. The molecule has 0 saturated carbocycles. The van der Waals surface area contributed by atoms with Crippen LogP contribution in [0.5, 0.6) is 23.0 Å². The molecule has 2 unspecified atom stereocenters. The quantitative estimate of drug-likeness (QED) is 0.0240. The predicted molar refractivity (Wildman–Crippen MR) is 466 cm³/mol. The van der Waals surface area contributed by atoms with Crippen LogP contribution in [-0.4, -0.2) is 24.8 Å². The van der Waals surface area contributed by atoms with E-state index in [0.29, 0.717) is 67.9 Å². The van der Waals surface area contributed by atoms with E-state index < -0.39 is 11.2 Å². The molecule has 0 spiro atoms. The summed E-state index contributed by atoms with van der Waals surface area (Å²) in [5.41, 5.74) is 7.58. The number of benzene rings is 8. The lowest BCUT2D eigenvalue weighted by Crippen LogP contribution is -2.38. The third-order valence-corrected chi connectivity index (χ3v) is 27.9. The van der Waals surface area contributed by atoms with Crippen molar-refractivity contribution in [3.63, 3.8) is 0 Å². The van der Waals surface area contributed by atoms with Crippen LogP contribution >= 0.6 is 45.3 Å². The van der Waals surface area contributed by atoms with Gasteiger partial charge in [0.15, 0.2) is 22.8 Å². The van der Waals surface area contributed by atoms with Crippen LogP contribution in [0.2, 0.25) is 0 Å². The molecule has 2 atom stereocenters. The minimum Gasteiger partial charge on any atom is -0.494 e. The van der Waals surface area contributed by atoms with Crippen LogP contribution in [0, 0.1) is 59.2 Å². The van der Waals surface area contributed by atoms with Gasteiger partial charge in [0.2, 0.25) is 0 Å².